The fraction of sp³-hybridized carbons (Fsp3) is 0.438. The molecule has 1 amide bonds. The van der Waals surface area contributed by atoms with E-state index in [4.69, 9.17) is 5.73 Å². The molecular weight excluding hydrogens is 312 g/mol. The number of likely N-dealkylation sites (tertiary alicyclic amines) is 1. The minimum Gasteiger partial charge on any atom is -0.389 e. The lowest BCUT2D eigenvalue weighted by Crippen LogP contribution is -2.37. The largest absolute Gasteiger partial charge is 0.389 e. The highest BCUT2D eigenvalue weighted by molar-refractivity contribution is 5.78. The number of hydrogen-bond donors (Lipinski definition) is 3. The highest BCUT2D eigenvalue weighted by Gasteiger charge is 2.36. The van der Waals surface area contributed by atoms with Crippen LogP contribution >= 0.6 is 0 Å². The van der Waals surface area contributed by atoms with E-state index in [0.29, 0.717) is 30.3 Å². The van der Waals surface area contributed by atoms with Gasteiger partial charge in [0, 0.05) is 19.5 Å². The number of nitrogens with zero attached hydrogens (tertiary/aromatic N) is 2. The maximum absolute atomic E-state index is 12.3. The van der Waals surface area contributed by atoms with Crippen LogP contribution in [0.25, 0.3) is 10.9 Å². The van der Waals surface area contributed by atoms with Crippen LogP contribution in [0.15, 0.2) is 33.9 Å². The molecule has 1 fully saturated rings. The lowest BCUT2D eigenvalue weighted by Gasteiger charge is -2.19. The van der Waals surface area contributed by atoms with Crippen molar-refractivity contribution < 1.29 is 9.90 Å². The average molecular weight is 332 g/mol. The zero-order valence-corrected chi connectivity index (χ0v) is 13.1. The summed E-state index contributed by atoms with van der Waals surface area (Å²) in [5.74, 6) is -0.0937. The number of aromatic nitrogens is 2. The predicted molar refractivity (Wildman–Crippen MR) is 88.7 cm³/mol. The van der Waals surface area contributed by atoms with Gasteiger partial charge < -0.3 is 15.7 Å². The molecule has 1 aliphatic rings. The number of fused-ring (bicyclic) bond motifs is 1. The molecule has 2 atom stereocenters. The van der Waals surface area contributed by atoms with Gasteiger partial charge in [-0.05, 0) is 25.1 Å². The first-order valence-corrected chi connectivity index (χ1v) is 7.92. The van der Waals surface area contributed by atoms with Crippen molar-refractivity contribution in [2.24, 2.45) is 5.73 Å². The second kappa shape index (κ2) is 6.58. The Balaban J connectivity index is 1.98. The Morgan fingerprint density at radius 1 is 1.29 bits per heavy atom. The van der Waals surface area contributed by atoms with Crippen molar-refractivity contribution in [3.8, 4) is 0 Å². The molecule has 0 bridgehead atoms. The molecule has 4 N–H and O–H groups in total. The molecule has 2 heterocycles. The first-order valence-electron chi connectivity index (χ1n) is 7.92. The highest BCUT2D eigenvalue weighted by Crippen LogP contribution is 2.24. The van der Waals surface area contributed by atoms with Crippen LogP contribution in [0.2, 0.25) is 0 Å². The van der Waals surface area contributed by atoms with Crippen molar-refractivity contribution in [1.82, 2.24) is 14.5 Å². The SMILES string of the molecule is NCCCC(=O)N1C[C@H](O)[C@@H](n2c(=O)[nH]c(=O)c3ccccc32)C1. The Labute approximate surface area is 137 Å². The number of rotatable bonds is 4. The van der Waals surface area contributed by atoms with Gasteiger partial charge in [-0.25, -0.2) is 4.79 Å². The number of hydrogen-bond acceptors (Lipinski definition) is 5. The quantitative estimate of drug-likeness (QED) is 0.675. The van der Waals surface area contributed by atoms with Crippen molar-refractivity contribution in [1.29, 1.82) is 0 Å². The summed E-state index contributed by atoms with van der Waals surface area (Å²) in [7, 11) is 0. The third-order valence-electron chi connectivity index (χ3n) is 4.39. The number of aromatic amines is 1. The van der Waals surface area contributed by atoms with Crippen LogP contribution in [0.1, 0.15) is 18.9 Å². The molecule has 0 saturated carbocycles. The summed E-state index contributed by atoms with van der Waals surface area (Å²) in [6.07, 6.45) is 0.0216. The number of carbonyl (C=O) groups excluding carboxylic acids is 1. The number of aliphatic hydroxyl groups excluding tert-OH is 1. The van der Waals surface area contributed by atoms with Crippen molar-refractivity contribution in [3.05, 3.63) is 45.1 Å². The predicted octanol–water partition coefficient (Wildman–Crippen LogP) is -0.827. The Kier molecular flexibility index (Phi) is 4.50. The van der Waals surface area contributed by atoms with Crippen LogP contribution in [0.3, 0.4) is 0 Å². The molecule has 24 heavy (non-hydrogen) atoms. The minimum absolute atomic E-state index is 0.0937. The first-order chi connectivity index (χ1) is 11.5. The molecule has 8 nitrogen and oxygen atoms in total. The summed E-state index contributed by atoms with van der Waals surface area (Å²) in [6.45, 7) is 0.810. The fourth-order valence-electron chi connectivity index (χ4n) is 3.18. The zero-order valence-electron chi connectivity index (χ0n) is 13.1. The van der Waals surface area contributed by atoms with E-state index in [9.17, 15) is 19.5 Å². The highest BCUT2D eigenvalue weighted by atomic mass is 16.3. The van der Waals surface area contributed by atoms with Crippen LogP contribution < -0.4 is 17.0 Å². The van der Waals surface area contributed by atoms with Gasteiger partial charge in [-0.1, -0.05) is 12.1 Å². The van der Waals surface area contributed by atoms with E-state index in [1.54, 1.807) is 24.3 Å². The minimum atomic E-state index is -0.876. The number of carbonyl (C=O) groups is 1. The van der Waals surface area contributed by atoms with E-state index < -0.39 is 23.4 Å². The monoisotopic (exact) mass is 332 g/mol. The molecular formula is C16H20N4O4. The van der Waals surface area contributed by atoms with Gasteiger partial charge >= 0.3 is 5.69 Å². The third kappa shape index (κ3) is 2.85. The van der Waals surface area contributed by atoms with Crippen LogP contribution in [-0.2, 0) is 4.79 Å². The Morgan fingerprint density at radius 3 is 2.79 bits per heavy atom. The number of nitrogens with one attached hydrogen (secondary N) is 1. The van der Waals surface area contributed by atoms with E-state index in [1.807, 2.05) is 0 Å². The smallest absolute Gasteiger partial charge is 0.329 e. The van der Waals surface area contributed by atoms with Crippen LogP contribution in [0.5, 0.6) is 0 Å². The number of benzene rings is 1. The number of para-hydroxylation sites is 1. The summed E-state index contributed by atoms with van der Waals surface area (Å²) in [4.78, 5) is 40.2. The van der Waals surface area contributed by atoms with Crippen LogP contribution in [0.4, 0.5) is 0 Å². The number of aliphatic hydroxyl groups is 1. The molecule has 0 unspecified atom stereocenters. The lowest BCUT2D eigenvalue weighted by atomic mass is 10.1. The topological polar surface area (TPSA) is 121 Å². The molecule has 3 rings (SSSR count). The lowest BCUT2D eigenvalue weighted by molar-refractivity contribution is -0.130. The summed E-state index contributed by atoms with van der Waals surface area (Å²) in [5, 5.41) is 10.7. The third-order valence-corrected chi connectivity index (χ3v) is 4.39. The van der Waals surface area contributed by atoms with Crippen LogP contribution in [0, 0.1) is 0 Å². The van der Waals surface area contributed by atoms with Crippen molar-refractivity contribution in [3.63, 3.8) is 0 Å². The van der Waals surface area contributed by atoms with Gasteiger partial charge in [0.25, 0.3) is 5.56 Å². The molecule has 8 heteroatoms. The maximum Gasteiger partial charge on any atom is 0.329 e. The molecule has 128 valence electrons. The number of amides is 1. The maximum atomic E-state index is 12.3. The van der Waals surface area contributed by atoms with Crippen molar-refractivity contribution in [2.75, 3.05) is 19.6 Å². The van der Waals surface area contributed by atoms with Gasteiger partial charge in [0.2, 0.25) is 5.91 Å². The average Bonchev–Trinajstić information content (AvgIpc) is 2.94. The number of H-pyrrole nitrogens is 1. The van der Waals surface area contributed by atoms with Crippen LogP contribution in [-0.4, -0.2) is 51.2 Å². The standard InChI is InChI=1S/C16H20N4O4/c17-7-3-6-14(22)19-8-12(13(21)9-19)20-11-5-2-1-4-10(11)15(23)18-16(20)24/h1-2,4-5,12-13,21H,3,6-9,17H2,(H,18,23,24)/t12-,13-/m0/s1. The van der Waals surface area contributed by atoms with E-state index in [1.165, 1.54) is 9.47 Å². The normalized spacial score (nSPS) is 20.7. The molecule has 1 aliphatic heterocycles. The summed E-state index contributed by atoms with van der Waals surface area (Å²) < 4.78 is 1.37. The number of nitrogens with two attached hydrogens (primary N) is 1. The second-order valence-electron chi connectivity index (χ2n) is 5.97. The Bertz CT molecular complexity index is 872. The van der Waals surface area contributed by atoms with Gasteiger partial charge in [-0.2, -0.15) is 0 Å². The van der Waals surface area contributed by atoms with Gasteiger partial charge in [-0.15, -0.1) is 0 Å². The van der Waals surface area contributed by atoms with Gasteiger partial charge in [0.15, 0.2) is 0 Å². The van der Waals surface area contributed by atoms with E-state index >= 15 is 0 Å². The molecule has 0 spiro atoms. The molecule has 0 radical (unpaired) electrons. The van der Waals surface area contributed by atoms with Gasteiger partial charge in [-0.3, -0.25) is 19.1 Å². The van der Waals surface area contributed by atoms with E-state index in [2.05, 4.69) is 4.98 Å². The Hall–Kier alpha value is -2.45. The molecule has 1 saturated heterocycles. The van der Waals surface area contributed by atoms with Crippen molar-refractivity contribution in [2.45, 2.75) is 25.0 Å². The molecule has 2 aromatic rings. The van der Waals surface area contributed by atoms with E-state index in [-0.39, 0.29) is 19.0 Å². The molecule has 0 aliphatic carbocycles. The van der Waals surface area contributed by atoms with Gasteiger partial charge in [0.1, 0.15) is 0 Å². The summed E-state index contributed by atoms with van der Waals surface area (Å²) in [5.41, 5.74) is 4.82. The molecule has 1 aromatic carbocycles. The van der Waals surface area contributed by atoms with Gasteiger partial charge in [0.05, 0.1) is 23.0 Å². The second-order valence-corrected chi connectivity index (χ2v) is 5.97. The van der Waals surface area contributed by atoms with Crippen molar-refractivity contribution >= 4 is 16.8 Å². The number of β-amino-alcohol motifs (C(OH)–C–C–N with tert-alkyl or cyclic N) is 1. The first kappa shape index (κ1) is 16.4. The molecule has 1 aromatic heterocycles. The van der Waals surface area contributed by atoms with E-state index in [0.717, 1.165) is 0 Å². The summed E-state index contributed by atoms with van der Waals surface area (Å²) in [6, 6.07) is 6.12. The zero-order chi connectivity index (χ0) is 17.3. The Morgan fingerprint density at radius 2 is 2.04 bits per heavy atom. The summed E-state index contributed by atoms with van der Waals surface area (Å²) >= 11 is 0. The fourth-order valence-corrected chi connectivity index (χ4v) is 3.18.